The van der Waals surface area contributed by atoms with Crippen LogP contribution in [-0.2, 0) is 0 Å². The Bertz CT molecular complexity index is 990. The molecule has 31 heavy (non-hydrogen) atoms. The van der Waals surface area contributed by atoms with Crippen LogP contribution in [0.3, 0.4) is 0 Å². The van der Waals surface area contributed by atoms with E-state index in [4.69, 9.17) is 9.47 Å². The Morgan fingerprint density at radius 3 is 2.19 bits per heavy atom. The quantitative estimate of drug-likeness (QED) is 0.385. The highest BCUT2D eigenvalue weighted by atomic mass is 32.1. The van der Waals surface area contributed by atoms with Gasteiger partial charge in [0.2, 0.25) is 0 Å². The van der Waals surface area contributed by atoms with Crippen LogP contribution in [0.2, 0.25) is 0 Å². The normalized spacial score (nSPS) is 14.6. The summed E-state index contributed by atoms with van der Waals surface area (Å²) >= 11 is 1.47. The molecule has 2 aromatic carbocycles. The summed E-state index contributed by atoms with van der Waals surface area (Å²) in [5, 5.41) is 1.94. The molecule has 1 fully saturated rings. The van der Waals surface area contributed by atoms with Gasteiger partial charge in [0.15, 0.2) is 0 Å². The number of carbonyl (C=O) groups is 1. The molecule has 0 bridgehead atoms. The van der Waals surface area contributed by atoms with Crippen LogP contribution >= 0.6 is 11.3 Å². The first-order valence-electron chi connectivity index (χ1n) is 10.9. The Kier molecular flexibility index (Phi) is 6.92. The number of benzene rings is 2. The van der Waals surface area contributed by atoms with E-state index in [1.54, 1.807) is 14.2 Å². The molecule has 5 heteroatoms. The van der Waals surface area contributed by atoms with Crippen LogP contribution in [0.1, 0.15) is 59.7 Å². The van der Waals surface area contributed by atoms with Crippen LogP contribution in [0.4, 0.5) is 11.4 Å². The topological polar surface area (TPSA) is 38.8 Å². The number of nitrogens with zero attached hydrogens (tertiary/aromatic N) is 1. The molecule has 4 rings (SSSR count). The first kappa shape index (κ1) is 21.4. The largest absolute Gasteiger partial charge is 0.497 e. The second-order valence-corrected chi connectivity index (χ2v) is 8.88. The highest BCUT2D eigenvalue weighted by Gasteiger charge is 2.27. The van der Waals surface area contributed by atoms with E-state index in [1.165, 1.54) is 42.6 Å². The van der Waals surface area contributed by atoms with Gasteiger partial charge in [0.1, 0.15) is 11.5 Å². The lowest BCUT2D eigenvalue weighted by Gasteiger charge is -2.28. The van der Waals surface area contributed by atoms with E-state index in [2.05, 4.69) is 6.07 Å². The maximum absolute atomic E-state index is 13.7. The minimum Gasteiger partial charge on any atom is -0.497 e. The molecule has 1 amide bonds. The van der Waals surface area contributed by atoms with Gasteiger partial charge in [-0.2, -0.15) is 0 Å². The fraction of sp³-hybridized carbons (Fsp3) is 0.346. The Hall–Kier alpha value is -2.79. The van der Waals surface area contributed by atoms with E-state index < -0.39 is 0 Å². The van der Waals surface area contributed by atoms with Gasteiger partial charge < -0.3 is 9.47 Å². The Morgan fingerprint density at radius 1 is 0.903 bits per heavy atom. The van der Waals surface area contributed by atoms with Crippen molar-refractivity contribution in [2.75, 3.05) is 19.1 Å². The van der Waals surface area contributed by atoms with Gasteiger partial charge in [0.05, 0.1) is 24.8 Å². The Balaban J connectivity index is 1.84. The molecule has 4 nitrogen and oxygen atoms in total. The summed E-state index contributed by atoms with van der Waals surface area (Å²) in [6.07, 6.45) is 7.30. The van der Waals surface area contributed by atoms with Gasteiger partial charge >= 0.3 is 0 Å². The first-order chi connectivity index (χ1) is 15.2. The summed E-state index contributed by atoms with van der Waals surface area (Å²) in [6.45, 7) is 0. The standard InChI is InChI=1S/C26H29NO3S/c1-29-21-13-11-20(12-14-21)27(26(28)25-10-7-17-31-25)24-16-15-22(30-2)18-23(24)19-8-5-3-4-6-9-19/h7,10-19H,3-6,8-9H2,1-2H3. The number of rotatable bonds is 6. The van der Waals surface area contributed by atoms with Crippen LogP contribution < -0.4 is 14.4 Å². The smallest absolute Gasteiger partial charge is 0.272 e. The maximum atomic E-state index is 13.7. The number of thiophene rings is 1. The number of anilines is 2. The third-order valence-corrected chi connectivity index (χ3v) is 6.89. The fourth-order valence-corrected chi connectivity index (χ4v) is 5.04. The predicted octanol–water partition coefficient (Wildman–Crippen LogP) is 7.18. The van der Waals surface area contributed by atoms with Crippen LogP contribution in [0.25, 0.3) is 0 Å². The molecule has 3 aromatic rings. The van der Waals surface area contributed by atoms with E-state index >= 15 is 0 Å². The van der Waals surface area contributed by atoms with E-state index in [9.17, 15) is 4.79 Å². The molecule has 0 spiro atoms. The van der Waals surface area contributed by atoms with Gasteiger partial charge in [0.25, 0.3) is 5.91 Å². The molecular formula is C26H29NO3S. The van der Waals surface area contributed by atoms with Gasteiger partial charge in [-0.1, -0.05) is 31.7 Å². The molecule has 0 N–H and O–H groups in total. The number of ether oxygens (including phenoxy) is 2. The predicted molar refractivity (Wildman–Crippen MR) is 127 cm³/mol. The average Bonchev–Trinajstić information content (AvgIpc) is 3.22. The molecule has 1 aromatic heterocycles. The third-order valence-electron chi connectivity index (χ3n) is 6.04. The van der Waals surface area contributed by atoms with Crippen LogP contribution in [0.5, 0.6) is 11.5 Å². The summed E-state index contributed by atoms with van der Waals surface area (Å²) in [6, 6.07) is 17.6. The van der Waals surface area contributed by atoms with Gasteiger partial charge in [-0.15, -0.1) is 11.3 Å². The summed E-state index contributed by atoms with van der Waals surface area (Å²) in [5.41, 5.74) is 2.97. The molecule has 0 unspecified atom stereocenters. The molecule has 1 heterocycles. The summed E-state index contributed by atoms with van der Waals surface area (Å²) in [5.74, 6) is 2.01. The van der Waals surface area contributed by atoms with E-state index in [-0.39, 0.29) is 5.91 Å². The number of hydrogen-bond acceptors (Lipinski definition) is 4. The van der Waals surface area contributed by atoms with E-state index in [1.807, 2.05) is 58.8 Å². The van der Waals surface area contributed by atoms with Gasteiger partial charge in [0, 0.05) is 5.69 Å². The lowest BCUT2D eigenvalue weighted by atomic mass is 9.89. The minimum absolute atomic E-state index is 0.0137. The summed E-state index contributed by atoms with van der Waals surface area (Å²) < 4.78 is 10.9. The molecule has 162 valence electrons. The first-order valence-corrected chi connectivity index (χ1v) is 11.8. The van der Waals surface area contributed by atoms with Crippen molar-refractivity contribution in [3.63, 3.8) is 0 Å². The monoisotopic (exact) mass is 435 g/mol. The maximum Gasteiger partial charge on any atom is 0.272 e. The second kappa shape index (κ2) is 10.0. The molecule has 0 atom stereocenters. The number of hydrogen-bond donors (Lipinski definition) is 0. The third kappa shape index (κ3) is 4.77. The average molecular weight is 436 g/mol. The number of carbonyl (C=O) groups excluding carboxylic acids is 1. The second-order valence-electron chi connectivity index (χ2n) is 7.93. The summed E-state index contributed by atoms with van der Waals surface area (Å²) in [7, 11) is 3.35. The van der Waals surface area contributed by atoms with Gasteiger partial charge in [-0.05, 0) is 78.2 Å². The van der Waals surface area contributed by atoms with Crippen molar-refractivity contribution in [2.45, 2.75) is 44.4 Å². The minimum atomic E-state index is -0.0137. The van der Waals surface area contributed by atoms with E-state index in [0.29, 0.717) is 5.92 Å². The van der Waals surface area contributed by atoms with Crippen LogP contribution in [-0.4, -0.2) is 20.1 Å². The lowest BCUT2D eigenvalue weighted by molar-refractivity contribution is 0.100. The lowest BCUT2D eigenvalue weighted by Crippen LogP contribution is -2.26. The molecule has 1 aliphatic rings. The number of methoxy groups -OCH3 is 2. The number of amides is 1. The summed E-state index contributed by atoms with van der Waals surface area (Å²) in [4.78, 5) is 16.3. The zero-order valence-electron chi connectivity index (χ0n) is 18.2. The SMILES string of the molecule is COc1ccc(N(C(=O)c2cccs2)c2ccc(OC)cc2C2CCCCCC2)cc1. The molecule has 1 saturated carbocycles. The molecular weight excluding hydrogens is 406 g/mol. The van der Waals surface area contributed by atoms with Gasteiger partial charge in [-0.25, -0.2) is 0 Å². The van der Waals surface area contributed by atoms with Crippen molar-refractivity contribution in [1.29, 1.82) is 0 Å². The highest BCUT2D eigenvalue weighted by molar-refractivity contribution is 7.12. The van der Waals surface area contributed by atoms with Crippen molar-refractivity contribution in [2.24, 2.45) is 0 Å². The molecule has 1 aliphatic carbocycles. The van der Waals surface area contributed by atoms with Crippen LogP contribution in [0.15, 0.2) is 60.0 Å². The molecule has 0 radical (unpaired) electrons. The van der Waals surface area contributed by atoms with Crippen molar-refractivity contribution >= 4 is 28.6 Å². The van der Waals surface area contributed by atoms with Crippen molar-refractivity contribution in [3.05, 3.63) is 70.4 Å². The van der Waals surface area contributed by atoms with E-state index in [0.717, 1.165) is 40.6 Å². The molecule has 0 aliphatic heterocycles. The zero-order chi connectivity index (χ0) is 21.6. The van der Waals surface area contributed by atoms with Crippen molar-refractivity contribution in [3.8, 4) is 11.5 Å². The highest BCUT2D eigenvalue weighted by Crippen LogP contribution is 2.42. The Labute approximate surface area is 188 Å². The molecule has 0 saturated heterocycles. The van der Waals surface area contributed by atoms with Crippen molar-refractivity contribution < 1.29 is 14.3 Å². The van der Waals surface area contributed by atoms with Crippen LogP contribution in [0, 0.1) is 0 Å². The van der Waals surface area contributed by atoms with Crippen molar-refractivity contribution in [1.82, 2.24) is 0 Å². The van der Waals surface area contributed by atoms with Gasteiger partial charge in [-0.3, -0.25) is 9.69 Å². The fourth-order valence-electron chi connectivity index (χ4n) is 4.39. The Morgan fingerprint density at radius 2 is 1.58 bits per heavy atom. The zero-order valence-corrected chi connectivity index (χ0v) is 19.0.